The van der Waals surface area contributed by atoms with Gasteiger partial charge in [0.1, 0.15) is 11.7 Å². The smallest absolute Gasteiger partial charge is 0.345 e. The molecule has 5 heteroatoms. The maximum absolute atomic E-state index is 13.3. The fourth-order valence-electron chi connectivity index (χ4n) is 5.15. The number of benzene rings is 4. The molecule has 0 bridgehead atoms. The van der Waals surface area contributed by atoms with E-state index in [0.717, 1.165) is 38.2 Å². The minimum Gasteiger partial charge on any atom is -0.422 e. The molecule has 0 aliphatic carbocycles. The molecule has 5 nitrogen and oxygen atoms in total. The molecule has 0 aliphatic heterocycles. The summed E-state index contributed by atoms with van der Waals surface area (Å²) in [5.74, 6) is 0. The Labute approximate surface area is 217 Å². The highest BCUT2D eigenvalue weighted by Gasteiger charge is 2.21. The number of para-hydroxylation sites is 1. The van der Waals surface area contributed by atoms with Gasteiger partial charge in [0.2, 0.25) is 0 Å². The molecule has 0 atom stereocenters. The van der Waals surface area contributed by atoms with Crippen LogP contribution in [0, 0.1) is 11.3 Å². The summed E-state index contributed by atoms with van der Waals surface area (Å²) in [7, 11) is 0. The van der Waals surface area contributed by atoms with E-state index < -0.39 is 5.63 Å². The first-order valence-corrected chi connectivity index (χ1v) is 12.2. The summed E-state index contributed by atoms with van der Waals surface area (Å²) in [6.45, 7) is 0. The Balaban J connectivity index is 1.57. The number of aromatic amines is 1. The van der Waals surface area contributed by atoms with Crippen LogP contribution in [0.25, 0.3) is 66.3 Å². The molecule has 0 amide bonds. The molecule has 3 heterocycles. The highest BCUT2D eigenvalue weighted by molar-refractivity contribution is 6.06. The fraction of sp³-hybridized carbons (Fsp3) is 0. The SMILES string of the molecule is N#Cc1c(-c2ccccc2)cc(-c2cc3c(ccc4ccccc43)oc2=O)nc1-c1c[nH]c2ccccc12. The van der Waals surface area contributed by atoms with E-state index in [-0.39, 0.29) is 0 Å². The minimum absolute atomic E-state index is 0.344. The molecule has 3 aromatic heterocycles. The van der Waals surface area contributed by atoms with Gasteiger partial charge in [0, 0.05) is 33.6 Å². The lowest BCUT2D eigenvalue weighted by atomic mass is 9.94. The van der Waals surface area contributed by atoms with Crippen molar-refractivity contribution in [3.8, 4) is 39.7 Å². The van der Waals surface area contributed by atoms with E-state index in [9.17, 15) is 10.1 Å². The van der Waals surface area contributed by atoms with Gasteiger partial charge in [0.25, 0.3) is 0 Å². The van der Waals surface area contributed by atoms with Gasteiger partial charge in [-0.2, -0.15) is 5.26 Å². The van der Waals surface area contributed by atoms with E-state index in [1.807, 2.05) is 109 Å². The molecule has 0 radical (unpaired) electrons. The molecule has 178 valence electrons. The standard InChI is InChI=1S/C33H19N3O2/c34-18-27-24(20-8-2-1-3-9-20)17-30(36-32(27)28-19-35-29-13-7-6-12-23(28)29)26-16-25-22-11-5-4-10-21(22)14-15-31(25)38-33(26)37/h1-17,19,35H. The Morgan fingerprint density at radius 2 is 1.50 bits per heavy atom. The monoisotopic (exact) mass is 489 g/mol. The van der Waals surface area contributed by atoms with Crippen molar-refractivity contribution in [3.05, 3.63) is 125 Å². The molecular weight excluding hydrogens is 470 g/mol. The normalized spacial score (nSPS) is 11.2. The zero-order valence-corrected chi connectivity index (χ0v) is 20.1. The van der Waals surface area contributed by atoms with Gasteiger partial charge >= 0.3 is 5.63 Å². The molecule has 0 fully saturated rings. The van der Waals surface area contributed by atoms with Crippen molar-refractivity contribution in [3.63, 3.8) is 0 Å². The van der Waals surface area contributed by atoms with Crippen LogP contribution < -0.4 is 5.63 Å². The number of nitriles is 1. The third kappa shape index (κ3) is 3.40. The lowest BCUT2D eigenvalue weighted by Gasteiger charge is -2.13. The van der Waals surface area contributed by atoms with E-state index >= 15 is 0 Å². The summed E-state index contributed by atoms with van der Waals surface area (Å²) in [6.07, 6.45) is 1.86. The van der Waals surface area contributed by atoms with Crippen LogP contribution in [0.1, 0.15) is 5.56 Å². The first kappa shape index (κ1) is 21.8. The molecule has 7 rings (SSSR count). The number of hydrogen-bond donors (Lipinski definition) is 1. The Kier molecular flexibility index (Phi) is 4.92. The summed E-state index contributed by atoms with van der Waals surface area (Å²) in [6, 6.07) is 35.4. The lowest BCUT2D eigenvalue weighted by Crippen LogP contribution is -2.06. The van der Waals surface area contributed by atoms with Crippen molar-refractivity contribution in [1.29, 1.82) is 5.26 Å². The molecule has 4 aromatic carbocycles. The molecule has 0 saturated carbocycles. The van der Waals surface area contributed by atoms with E-state index in [0.29, 0.717) is 33.7 Å². The van der Waals surface area contributed by atoms with Crippen molar-refractivity contribution in [2.45, 2.75) is 0 Å². The van der Waals surface area contributed by atoms with Crippen LogP contribution in [0.3, 0.4) is 0 Å². The number of nitrogens with one attached hydrogen (secondary N) is 1. The second-order valence-electron chi connectivity index (χ2n) is 9.15. The van der Waals surface area contributed by atoms with Gasteiger partial charge in [0.15, 0.2) is 0 Å². The molecule has 7 aromatic rings. The molecule has 0 saturated heterocycles. The third-order valence-corrected chi connectivity index (χ3v) is 6.98. The maximum atomic E-state index is 13.3. The van der Waals surface area contributed by atoms with Gasteiger partial charge in [-0.25, -0.2) is 9.78 Å². The van der Waals surface area contributed by atoms with E-state index in [2.05, 4.69) is 11.1 Å². The summed E-state index contributed by atoms with van der Waals surface area (Å²) in [5.41, 5.74) is 5.10. The summed E-state index contributed by atoms with van der Waals surface area (Å²) in [5, 5.41) is 14.1. The summed E-state index contributed by atoms with van der Waals surface area (Å²) >= 11 is 0. The van der Waals surface area contributed by atoms with Crippen molar-refractivity contribution in [2.75, 3.05) is 0 Å². The topological polar surface area (TPSA) is 82.7 Å². The number of fused-ring (bicyclic) bond motifs is 4. The number of hydrogen-bond acceptors (Lipinski definition) is 4. The van der Waals surface area contributed by atoms with Crippen LogP contribution >= 0.6 is 0 Å². The van der Waals surface area contributed by atoms with E-state index in [1.165, 1.54) is 0 Å². The van der Waals surface area contributed by atoms with Gasteiger partial charge in [-0.3, -0.25) is 0 Å². The average molecular weight is 490 g/mol. The molecule has 0 unspecified atom stereocenters. The van der Waals surface area contributed by atoms with Crippen LogP contribution in [0.5, 0.6) is 0 Å². The average Bonchev–Trinajstić information content (AvgIpc) is 3.40. The van der Waals surface area contributed by atoms with Crippen LogP contribution in [-0.4, -0.2) is 9.97 Å². The molecule has 0 spiro atoms. The summed E-state index contributed by atoms with van der Waals surface area (Å²) < 4.78 is 5.79. The number of aromatic nitrogens is 2. The van der Waals surface area contributed by atoms with Crippen molar-refractivity contribution < 1.29 is 4.42 Å². The molecule has 0 aliphatic rings. The molecule has 1 N–H and O–H groups in total. The molecular formula is C33H19N3O2. The fourth-order valence-corrected chi connectivity index (χ4v) is 5.15. The van der Waals surface area contributed by atoms with Gasteiger partial charge in [0.05, 0.1) is 22.5 Å². The zero-order valence-electron chi connectivity index (χ0n) is 20.1. The summed E-state index contributed by atoms with van der Waals surface area (Å²) in [4.78, 5) is 21.5. The van der Waals surface area contributed by atoms with Crippen LogP contribution in [-0.2, 0) is 0 Å². The largest absolute Gasteiger partial charge is 0.422 e. The lowest BCUT2D eigenvalue weighted by molar-refractivity contribution is 0.563. The second kappa shape index (κ2) is 8.58. The highest BCUT2D eigenvalue weighted by Crippen LogP contribution is 2.37. The third-order valence-electron chi connectivity index (χ3n) is 6.98. The van der Waals surface area contributed by atoms with Crippen LogP contribution in [0.2, 0.25) is 0 Å². The minimum atomic E-state index is -0.478. The van der Waals surface area contributed by atoms with Crippen molar-refractivity contribution in [1.82, 2.24) is 9.97 Å². The van der Waals surface area contributed by atoms with E-state index in [4.69, 9.17) is 9.40 Å². The first-order chi connectivity index (χ1) is 18.7. The Morgan fingerprint density at radius 1 is 0.737 bits per heavy atom. The van der Waals surface area contributed by atoms with Gasteiger partial charge < -0.3 is 9.40 Å². The predicted octanol–water partition coefficient (Wildman–Crippen LogP) is 7.70. The van der Waals surface area contributed by atoms with Gasteiger partial charge in [-0.05, 0) is 40.6 Å². The Bertz CT molecular complexity index is 2120. The Morgan fingerprint density at radius 3 is 2.34 bits per heavy atom. The number of nitrogens with zero attached hydrogens (tertiary/aromatic N) is 2. The number of pyridine rings is 1. The number of H-pyrrole nitrogens is 1. The Hall–Kier alpha value is -5.47. The number of rotatable bonds is 3. The maximum Gasteiger partial charge on any atom is 0.345 e. The quantitative estimate of drug-likeness (QED) is 0.204. The second-order valence-corrected chi connectivity index (χ2v) is 9.15. The predicted molar refractivity (Wildman–Crippen MR) is 151 cm³/mol. The van der Waals surface area contributed by atoms with Gasteiger partial charge in [-0.1, -0.05) is 78.9 Å². The van der Waals surface area contributed by atoms with Crippen molar-refractivity contribution in [2.24, 2.45) is 0 Å². The van der Waals surface area contributed by atoms with Crippen molar-refractivity contribution >= 4 is 32.6 Å². The highest BCUT2D eigenvalue weighted by atomic mass is 16.4. The van der Waals surface area contributed by atoms with Crippen LogP contribution in [0.4, 0.5) is 0 Å². The zero-order chi connectivity index (χ0) is 25.6. The van der Waals surface area contributed by atoms with E-state index in [1.54, 1.807) is 0 Å². The van der Waals surface area contributed by atoms with Gasteiger partial charge in [-0.15, -0.1) is 0 Å². The first-order valence-electron chi connectivity index (χ1n) is 12.2. The van der Waals surface area contributed by atoms with Crippen LogP contribution in [0.15, 0.2) is 119 Å². The molecule has 38 heavy (non-hydrogen) atoms.